The lowest BCUT2D eigenvalue weighted by Crippen LogP contribution is -2.20. The second kappa shape index (κ2) is 4.46. The summed E-state index contributed by atoms with van der Waals surface area (Å²) in [5.41, 5.74) is 2.99. The van der Waals surface area contributed by atoms with Gasteiger partial charge in [0.1, 0.15) is 5.65 Å². The Morgan fingerprint density at radius 2 is 1.75 bits per heavy atom. The van der Waals surface area contributed by atoms with Gasteiger partial charge in [0.25, 0.3) is 11.8 Å². The maximum absolute atomic E-state index is 12.3. The first kappa shape index (κ1) is 13.3. The van der Waals surface area contributed by atoms with Crippen molar-refractivity contribution in [1.82, 2.24) is 19.5 Å². The molecule has 0 bridgehead atoms. The van der Waals surface area contributed by atoms with Crippen molar-refractivity contribution in [3.8, 4) is 5.69 Å². The summed E-state index contributed by atoms with van der Waals surface area (Å²) in [6, 6.07) is 10.9. The Balaban J connectivity index is 1.96. The number of halogens is 1. The van der Waals surface area contributed by atoms with Gasteiger partial charge in [0.15, 0.2) is 0 Å². The third-order valence-electron chi connectivity index (χ3n) is 4.25. The first-order chi connectivity index (χ1) is 11.6. The van der Waals surface area contributed by atoms with E-state index in [2.05, 4.69) is 10.4 Å². The fourth-order valence-corrected chi connectivity index (χ4v) is 3.37. The fourth-order valence-electron chi connectivity index (χ4n) is 3.25. The number of nitrogens with zero attached hydrogens (tertiary/aromatic N) is 3. The van der Waals surface area contributed by atoms with Crippen LogP contribution in [-0.4, -0.2) is 26.0 Å². The number of hydrogen-bond donors (Lipinski definition) is 1. The zero-order valence-electron chi connectivity index (χ0n) is 12.2. The molecular formula is C17H9ClN4O2. The van der Waals surface area contributed by atoms with Gasteiger partial charge in [0, 0.05) is 11.2 Å². The van der Waals surface area contributed by atoms with E-state index in [1.165, 1.54) is 0 Å². The highest BCUT2D eigenvalue weighted by molar-refractivity contribution is 6.30. The number of fused-ring (bicyclic) bond motifs is 6. The third-order valence-corrected chi connectivity index (χ3v) is 4.50. The van der Waals surface area contributed by atoms with Crippen molar-refractivity contribution in [1.29, 1.82) is 0 Å². The second-order valence-electron chi connectivity index (χ2n) is 5.57. The zero-order valence-corrected chi connectivity index (χ0v) is 12.9. The molecule has 116 valence electrons. The van der Waals surface area contributed by atoms with Gasteiger partial charge in [-0.25, -0.2) is 4.68 Å². The second-order valence-corrected chi connectivity index (χ2v) is 6.00. The lowest BCUT2D eigenvalue weighted by atomic mass is 10.1. The minimum absolute atomic E-state index is 0.375. The van der Waals surface area contributed by atoms with Gasteiger partial charge in [-0.15, -0.1) is 0 Å². The number of benzene rings is 1. The van der Waals surface area contributed by atoms with Gasteiger partial charge < -0.3 is 4.40 Å². The quantitative estimate of drug-likeness (QED) is 0.543. The number of carbonyl (C=O) groups is 2. The third kappa shape index (κ3) is 1.58. The van der Waals surface area contributed by atoms with Gasteiger partial charge in [-0.1, -0.05) is 11.6 Å². The summed E-state index contributed by atoms with van der Waals surface area (Å²) < 4.78 is 3.60. The van der Waals surface area contributed by atoms with Gasteiger partial charge in [0.05, 0.1) is 33.9 Å². The molecule has 0 unspecified atom stereocenters. The Bertz CT molecular complexity index is 1170. The van der Waals surface area contributed by atoms with Gasteiger partial charge in [-0.2, -0.15) is 5.10 Å². The van der Waals surface area contributed by atoms with E-state index in [0.717, 1.165) is 11.3 Å². The number of nitrogens with one attached hydrogen (secondary N) is 1. The van der Waals surface area contributed by atoms with E-state index >= 15 is 0 Å². The molecule has 3 aromatic heterocycles. The zero-order chi connectivity index (χ0) is 16.4. The molecule has 0 saturated carbocycles. The van der Waals surface area contributed by atoms with Crippen molar-refractivity contribution in [2.75, 3.05) is 0 Å². The van der Waals surface area contributed by atoms with Gasteiger partial charge in [-0.05, 0) is 36.4 Å². The summed E-state index contributed by atoms with van der Waals surface area (Å²) in [5, 5.41) is 8.05. The van der Waals surface area contributed by atoms with Gasteiger partial charge in [0.2, 0.25) is 0 Å². The standard InChI is InChI=1S/C17H9ClN4O2/c18-9-3-5-10(6-4-9)22-17-11(8-19-22)13-14(16(24)20-15(13)23)12-2-1-7-21(12)17/h1-8H,(H,20,23,24). The van der Waals surface area contributed by atoms with Crippen LogP contribution < -0.4 is 5.32 Å². The molecule has 0 saturated heterocycles. The van der Waals surface area contributed by atoms with Crippen LogP contribution in [0.25, 0.3) is 22.2 Å². The molecule has 0 atom stereocenters. The minimum Gasteiger partial charge on any atom is -0.300 e. The first-order valence-electron chi connectivity index (χ1n) is 7.27. The molecule has 1 aromatic carbocycles. The van der Waals surface area contributed by atoms with E-state index in [1.807, 2.05) is 34.9 Å². The average Bonchev–Trinajstić information content (AvgIpc) is 3.25. The van der Waals surface area contributed by atoms with Crippen LogP contribution in [0.4, 0.5) is 0 Å². The van der Waals surface area contributed by atoms with Crippen molar-refractivity contribution in [2.45, 2.75) is 0 Å². The maximum Gasteiger partial charge on any atom is 0.261 e. The number of hydrogen-bond acceptors (Lipinski definition) is 3. The highest BCUT2D eigenvalue weighted by atomic mass is 35.5. The van der Waals surface area contributed by atoms with Crippen LogP contribution in [0.3, 0.4) is 0 Å². The van der Waals surface area contributed by atoms with E-state index in [9.17, 15) is 9.59 Å². The molecule has 0 radical (unpaired) electrons. The average molecular weight is 337 g/mol. The number of pyridine rings is 1. The normalized spacial score (nSPS) is 13.7. The largest absolute Gasteiger partial charge is 0.300 e. The molecule has 1 N–H and O–H groups in total. The van der Waals surface area contributed by atoms with Gasteiger partial charge in [-0.3, -0.25) is 14.9 Å². The molecule has 6 nitrogen and oxygen atoms in total. The molecule has 24 heavy (non-hydrogen) atoms. The van der Waals surface area contributed by atoms with Crippen LogP contribution in [0.2, 0.25) is 5.02 Å². The topological polar surface area (TPSA) is 68.4 Å². The predicted molar refractivity (Wildman–Crippen MR) is 88.8 cm³/mol. The molecule has 1 aliphatic heterocycles. The Hall–Kier alpha value is -3.12. The number of amides is 2. The van der Waals surface area contributed by atoms with Crippen molar-refractivity contribution in [3.05, 3.63) is 64.9 Å². The number of carbonyl (C=O) groups excluding carboxylic acids is 2. The lowest BCUT2D eigenvalue weighted by molar-refractivity contribution is 0.0880. The highest BCUT2D eigenvalue weighted by Gasteiger charge is 2.33. The molecule has 4 aromatic rings. The van der Waals surface area contributed by atoms with E-state index in [0.29, 0.717) is 27.1 Å². The summed E-state index contributed by atoms with van der Waals surface area (Å²) in [7, 11) is 0. The summed E-state index contributed by atoms with van der Waals surface area (Å²) in [6.07, 6.45) is 3.46. The molecule has 5 rings (SSSR count). The molecule has 7 heteroatoms. The first-order valence-corrected chi connectivity index (χ1v) is 7.65. The van der Waals surface area contributed by atoms with Crippen molar-refractivity contribution in [3.63, 3.8) is 0 Å². The maximum atomic E-state index is 12.3. The van der Waals surface area contributed by atoms with Crippen molar-refractivity contribution >= 4 is 40.0 Å². The Morgan fingerprint density at radius 3 is 2.54 bits per heavy atom. The minimum atomic E-state index is -0.389. The number of imide groups is 1. The van der Waals surface area contributed by atoms with Crippen LogP contribution in [-0.2, 0) is 0 Å². The molecule has 0 fully saturated rings. The van der Waals surface area contributed by atoms with Crippen LogP contribution in [0, 0.1) is 0 Å². The molecule has 4 heterocycles. The summed E-state index contributed by atoms with van der Waals surface area (Å²) in [6.45, 7) is 0. The van der Waals surface area contributed by atoms with Gasteiger partial charge >= 0.3 is 0 Å². The molecular weight excluding hydrogens is 328 g/mol. The van der Waals surface area contributed by atoms with E-state index < -0.39 is 0 Å². The van der Waals surface area contributed by atoms with Crippen LogP contribution >= 0.6 is 11.6 Å². The van der Waals surface area contributed by atoms with Crippen LogP contribution in [0.1, 0.15) is 20.7 Å². The van der Waals surface area contributed by atoms with Crippen molar-refractivity contribution in [2.24, 2.45) is 0 Å². The SMILES string of the molecule is O=C1NC(=O)c2c1c1cnn(-c3ccc(Cl)cc3)c1n1cccc21. The molecule has 1 aliphatic rings. The smallest absolute Gasteiger partial charge is 0.261 e. The van der Waals surface area contributed by atoms with E-state index in [1.54, 1.807) is 23.0 Å². The summed E-state index contributed by atoms with van der Waals surface area (Å²) in [4.78, 5) is 24.4. The lowest BCUT2D eigenvalue weighted by Gasteiger charge is -2.08. The van der Waals surface area contributed by atoms with Crippen LogP contribution in [0.5, 0.6) is 0 Å². The Kier molecular flexibility index (Phi) is 2.47. The summed E-state index contributed by atoms with van der Waals surface area (Å²) in [5.74, 6) is -0.765. The predicted octanol–water partition coefficient (Wildman–Crippen LogP) is 2.82. The molecule has 0 spiro atoms. The van der Waals surface area contributed by atoms with E-state index in [4.69, 9.17) is 11.6 Å². The highest BCUT2D eigenvalue weighted by Crippen LogP contribution is 2.31. The van der Waals surface area contributed by atoms with E-state index in [-0.39, 0.29) is 11.8 Å². The Labute approximate surface area is 140 Å². The van der Waals surface area contributed by atoms with Crippen molar-refractivity contribution < 1.29 is 9.59 Å². The van der Waals surface area contributed by atoms with Crippen LogP contribution in [0.15, 0.2) is 48.8 Å². The fraction of sp³-hybridized carbons (Fsp3) is 0. The number of aromatic nitrogens is 3. The summed E-state index contributed by atoms with van der Waals surface area (Å²) >= 11 is 5.96. The monoisotopic (exact) mass is 336 g/mol. The Morgan fingerprint density at radius 1 is 1.00 bits per heavy atom. The molecule has 2 amide bonds. The molecule has 0 aliphatic carbocycles. The number of rotatable bonds is 1.